The van der Waals surface area contributed by atoms with Gasteiger partial charge in [0.2, 0.25) is 5.91 Å². The Hall–Kier alpha value is -2.30. The highest BCUT2D eigenvalue weighted by atomic mass is 16.5. The smallest absolute Gasteiger partial charge is 0.307 e. The third-order valence-corrected chi connectivity index (χ3v) is 4.24. The van der Waals surface area contributed by atoms with Gasteiger partial charge in [0.1, 0.15) is 0 Å². The van der Waals surface area contributed by atoms with Gasteiger partial charge in [-0.25, -0.2) is 0 Å². The second-order valence-electron chi connectivity index (χ2n) is 6.22. The number of aromatic amines is 1. The molecule has 5 nitrogen and oxygen atoms in total. The Morgan fingerprint density at radius 3 is 2.67 bits per heavy atom. The molecule has 1 aromatic carbocycles. The summed E-state index contributed by atoms with van der Waals surface area (Å²) in [7, 11) is 1.37. The second kappa shape index (κ2) is 8.52. The number of hydrogen-bond acceptors (Lipinski definition) is 3. The minimum absolute atomic E-state index is 0.0789. The van der Waals surface area contributed by atoms with Crippen LogP contribution in [-0.4, -0.2) is 41.5 Å². The molecule has 24 heavy (non-hydrogen) atoms. The van der Waals surface area contributed by atoms with E-state index in [1.165, 1.54) is 18.1 Å². The van der Waals surface area contributed by atoms with Gasteiger partial charge >= 0.3 is 5.97 Å². The number of nitrogens with one attached hydrogen (secondary N) is 1. The fraction of sp³-hybridized carbons (Fsp3) is 0.474. The van der Waals surface area contributed by atoms with Crippen molar-refractivity contribution in [2.24, 2.45) is 0 Å². The first-order valence-corrected chi connectivity index (χ1v) is 8.44. The average molecular weight is 330 g/mol. The molecule has 2 rings (SSSR count). The Kier molecular flexibility index (Phi) is 6.41. The molecule has 0 bridgehead atoms. The molecule has 5 heteroatoms. The van der Waals surface area contributed by atoms with Crippen LogP contribution in [0.25, 0.3) is 10.9 Å². The number of benzene rings is 1. The van der Waals surface area contributed by atoms with E-state index in [1.54, 1.807) is 4.90 Å². The number of hydrogen-bond donors (Lipinski definition) is 1. The number of carbonyl (C=O) groups excluding carboxylic acids is 2. The van der Waals surface area contributed by atoms with Crippen LogP contribution in [0.4, 0.5) is 0 Å². The van der Waals surface area contributed by atoms with Crippen molar-refractivity contribution in [3.05, 3.63) is 36.0 Å². The molecule has 0 radical (unpaired) electrons. The summed E-state index contributed by atoms with van der Waals surface area (Å²) in [6, 6.07) is 8.26. The molecule has 0 saturated heterocycles. The van der Waals surface area contributed by atoms with Gasteiger partial charge in [-0.05, 0) is 38.3 Å². The zero-order valence-electron chi connectivity index (χ0n) is 14.7. The molecule has 0 aliphatic carbocycles. The maximum absolute atomic E-state index is 12.4. The summed E-state index contributed by atoms with van der Waals surface area (Å²) in [5.41, 5.74) is 2.37. The van der Waals surface area contributed by atoms with Crippen molar-refractivity contribution in [2.75, 3.05) is 13.7 Å². The molecule has 1 aromatic heterocycles. The summed E-state index contributed by atoms with van der Waals surface area (Å²) in [6.07, 6.45) is 4.40. The van der Waals surface area contributed by atoms with Gasteiger partial charge in [0.15, 0.2) is 0 Å². The number of H-pyrrole nitrogens is 1. The van der Waals surface area contributed by atoms with Crippen molar-refractivity contribution in [1.82, 2.24) is 9.88 Å². The highest BCUT2D eigenvalue weighted by Crippen LogP contribution is 2.19. The molecule has 0 spiro atoms. The second-order valence-corrected chi connectivity index (χ2v) is 6.22. The van der Waals surface area contributed by atoms with E-state index in [4.69, 9.17) is 0 Å². The Morgan fingerprint density at radius 1 is 1.21 bits per heavy atom. The molecule has 0 atom stereocenters. The van der Waals surface area contributed by atoms with E-state index in [0.29, 0.717) is 13.0 Å². The maximum atomic E-state index is 12.4. The van der Waals surface area contributed by atoms with E-state index in [2.05, 4.69) is 21.9 Å². The predicted molar refractivity (Wildman–Crippen MR) is 94.7 cm³/mol. The standard InChI is InChI=1S/C19H26N2O3/c1-14(2)21(12-11-19(23)24-3)18(22)10-6-7-15-13-20-17-9-5-4-8-16(15)17/h4-5,8-9,13-14,20H,6-7,10-12H2,1-3H3. The van der Waals surface area contributed by atoms with Crippen molar-refractivity contribution in [1.29, 1.82) is 0 Å². The number of aromatic nitrogens is 1. The number of methoxy groups -OCH3 is 1. The number of aryl methyl sites for hydroxylation is 1. The van der Waals surface area contributed by atoms with Gasteiger partial charge in [0.25, 0.3) is 0 Å². The van der Waals surface area contributed by atoms with E-state index in [1.807, 2.05) is 32.2 Å². The van der Waals surface area contributed by atoms with Crippen molar-refractivity contribution < 1.29 is 14.3 Å². The molecule has 0 saturated carbocycles. The molecule has 1 heterocycles. The number of nitrogens with zero attached hydrogens (tertiary/aromatic N) is 1. The largest absolute Gasteiger partial charge is 0.469 e. The van der Waals surface area contributed by atoms with E-state index < -0.39 is 0 Å². The fourth-order valence-corrected chi connectivity index (χ4v) is 2.90. The zero-order chi connectivity index (χ0) is 17.5. The summed E-state index contributed by atoms with van der Waals surface area (Å²) in [5, 5.41) is 1.22. The van der Waals surface area contributed by atoms with Crippen LogP contribution in [0.3, 0.4) is 0 Å². The number of ether oxygens (including phenoxy) is 1. The summed E-state index contributed by atoms with van der Waals surface area (Å²) < 4.78 is 4.65. The van der Waals surface area contributed by atoms with E-state index >= 15 is 0 Å². The highest BCUT2D eigenvalue weighted by Gasteiger charge is 2.18. The first kappa shape index (κ1) is 18.0. The van der Waals surface area contributed by atoms with Crippen LogP contribution in [-0.2, 0) is 20.7 Å². The van der Waals surface area contributed by atoms with Crippen LogP contribution < -0.4 is 0 Å². The minimum Gasteiger partial charge on any atom is -0.469 e. The molecule has 130 valence electrons. The zero-order valence-corrected chi connectivity index (χ0v) is 14.7. The van der Waals surface area contributed by atoms with Crippen LogP contribution in [0, 0.1) is 0 Å². The van der Waals surface area contributed by atoms with Gasteiger partial charge in [0, 0.05) is 36.1 Å². The number of fused-ring (bicyclic) bond motifs is 1. The first-order chi connectivity index (χ1) is 11.5. The van der Waals surface area contributed by atoms with Gasteiger partial charge in [0.05, 0.1) is 13.5 Å². The normalized spacial score (nSPS) is 11.0. The Labute approximate surface area is 143 Å². The third kappa shape index (κ3) is 4.60. The Balaban J connectivity index is 1.87. The summed E-state index contributed by atoms with van der Waals surface area (Å²) in [5.74, 6) is -0.194. The van der Waals surface area contributed by atoms with E-state index in [0.717, 1.165) is 18.4 Å². The molecule has 1 amide bonds. The molecular formula is C19H26N2O3. The number of amides is 1. The van der Waals surface area contributed by atoms with E-state index in [9.17, 15) is 9.59 Å². The molecule has 0 aliphatic heterocycles. The predicted octanol–water partition coefficient (Wildman–Crippen LogP) is 3.29. The third-order valence-electron chi connectivity index (χ3n) is 4.24. The van der Waals surface area contributed by atoms with Crippen molar-refractivity contribution >= 4 is 22.8 Å². The first-order valence-electron chi connectivity index (χ1n) is 8.44. The van der Waals surface area contributed by atoms with Crippen molar-refractivity contribution in [2.45, 2.75) is 45.6 Å². The fourth-order valence-electron chi connectivity index (χ4n) is 2.90. The number of esters is 1. The molecule has 2 aromatic rings. The SMILES string of the molecule is COC(=O)CCN(C(=O)CCCc1c[nH]c2ccccc12)C(C)C. The number of rotatable bonds is 8. The van der Waals surface area contributed by atoms with E-state index in [-0.39, 0.29) is 24.3 Å². The number of carbonyl (C=O) groups is 2. The topological polar surface area (TPSA) is 62.4 Å². The average Bonchev–Trinajstić information content (AvgIpc) is 2.98. The van der Waals surface area contributed by atoms with Crippen molar-refractivity contribution in [3.63, 3.8) is 0 Å². The lowest BCUT2D eigenvalue weighted by Gasteiger charge is -2.26. The van der Waals surface area contributed by atoms with Crippen LogP contribution in [0.5, 0.6) is 0 Å². The summed E-state index contributed by atoms with van der Waals surface area (Å²) in [6.45, 7) is 4.35. The quantitative estimate of drug-likeness (QED) is 0.756. The molecular weight excluding hydrogens is 304 g/mol. The van der Waals surface area contributed by atoms with Crippen LogP contribution >= 0.6 is 0 Å². The van der Waals surface area contributed by atoms with Gasteiger partial charge in [-0.2, -0.15) is 0 Å². The minimum atomic E-state index is -0.285. The summed E-state index contributed by atoms with van der Waals surface area (Å²) in [4.78, 5) is 28.8. The van der Waals surface area contributed by atoms with Crippen LogP contribution in [0.1, 0.15) is 38.7 Å². The molecule has 0 fully saturated rings. The lowest BCUT2D eigenvalue weighted by molar-refractivity contribution is -0.142. The van der Waals surface area contributed by atoms with Gasteiger partial charge in [-0.1, -0.05) is 18.2 Å². The summed E-state index contributed by atoms with van der Waals surface area (Å²) >= 11 is 0. The van der Waals surface area contributed by atoms with Crippen LogP contribution in [0.2, 0.25) is 0 Å². The van der Waals surface area contributed by atoms with Crippen LogP contribution in [0.15, 0.2) is 30.5 Å². The number of para-hydroxylation sites is 1. The lowest BCUT2D eigenvalue weighted by atomic mass is 10.1. The molecule has 1 N–H and O–H groups in total. The molecule has 0 unspecified atom stereocenters. The van der Waals surface area contributed by atoms with Gasteiger partial charge < -0.3 is 14.6 Å². The van der Waals surface area contributed by atoms with Gasteiger partial charge in [-0.3, -0.25) is 9.59 Å². The highest BCUT2D eigenvalue weighted by molar-refractivity contribution is 5.83. The maximum Gasteiger partial charge on any atom is 0.307 e. The lowest BCUT2D eigenvalue weighted by Crippen LogP contribution is -2.38. The van der Waals surface area contributed by atoms with Crippen molar-refractivity contribution in [3.8, 4) is 0 Å². The Morgan fingerprint density at radius 2 is 1.96 bits per heavy atom. The van der Waals surface area contributed by atoms with Gasteiger partial charge in [-0.15, -0.1) is 0 Å². The molecule has 0 aliphatic rings. The monoisotopic (exact) mass is 330 g/mol. The Bertz CT molecular complexity index is 691.